The summed E-state index contributed by atoms with van der Waals surface area (Å²) in [5, 5.41) is 0. The summed E-state index contributed by atoms with van der Waals surface area (Å²) in [5.41, 5.74) is 5.73. The molecule has 0 bridgehead atoms. The second-order valence-electron chi connectivity index (χ2n) is 5.54. The molecule has 0 saturated heterocycles. The van der Waals surface area contributed by atoms with Gasteiger partial charge in [-0.3, -0.25) is 0 Å². The fourth-order valence-corrected chi connectivity index (χ4v) is 2.35. The van der Waals surface area contributed by atoms with Crippen LogP contribution in [0.15, 0.2) is 0 Å². The highest BCUT2D eigenvalue weighted by Crippen LogP contribution is 2.31. The predicted molar refractivity (Wildman–Crippen MR) is 64.7 cm³/mol. The molecule has 0 aliphatic heterocycles. The Hall–Kier alpha value is -0.0800. The van der Waals surface area contributed by atoms with E-state index in [1.165, 1.54) is 19.3 Å². The quantitative estimate of drug-likeness (QED) is 0.779. The van der Waals surface area contributed by atoms with Gasteiger partial charge in [0.15, 0.2) is 0 Å². The summed E-state index contributed by atoms with van der Waals surface area (Å²) in [4.78, 5) is 0. The highest BCUT2D eigenvalue weighted by atomic mass is 16.5. The Morgan fingerprint density at radius 3 is 2.33 bits per heavy atom. The fourth-order valence-electron chi connectivity index (χ4n) is 2.35. The molecule has 90 valence electrons. The van der Waals surface area contributed by atoms with Crippen molar-refractivity contribution in [3.8, 4) is 0 Å². The average molecular weight is 213 g/mol. The second-order valence-corrected chi connectivity index (χ2v) is 5.54. The van der Waals surface area contributed by atoms with Crippen molar-refractivity contribution in [2.75, 3.05) is 6.54 Å². The van der Waals surface area contributed by atoms with E-state index < -0.39 is 0 Å². The molecule has 0 aromatic heterocycles. The number of hydrogen-bond acceptors (Lipinski definition) is 2. The molecule has 1 fully saturated rings. The van der Waals surface area contributed by atoms with Crippen LogP contribution >= 0.6 is 0 Å². The summed E-state index contributed by atoms with van der Waals surface area (Å²) in [7, 11) is 0. The molecule has 0 spiro atoms. The molecule has 1 aliphatic carbocycles. The monoisotopic (exact) mass is 213 g/mol. The molecule has 1 aliphatic rings. The van der Waals surface area contributed by atoms with Gasteiger partial charge >= 0.3 is 0 Å². The maximum atomic E-state index is 6.10. The van der Waals surface area contributed by atoms with E-state index in [0.29, 0.717) is 18.6 Å². The second kappa shape index (κ2) is 5.86. The first-order chi connectivity index (χ1) is 7.04. The van der Waals surface area contributed by atoms with Crippen LogP contribution in [0.2, 0.25) is 0 Å². The van der Waals surface area contributed by atoms with E-state index in [9.17, 15) is 0 Å². The average Bonchev–Trinajstić information content (AvgIpc) is 2.19. The molecule has 0 heterocycles. The summed E-state index contributed by atoms with van der Waals surface area (Å²) in [6.45, 7) is 9.72. The van der Waals surface area contributed by atoms with Crippen molar-refractivity contribution in [2.24, 2.45) is 23.5 Å². The summed E-state index contributed by atoms with van der Waals surface area (Å²) in [6.07, 6.45) is 4.43. The van der Waals surface area contributed by atoms with Gasteiger partial charge in [-0.1, -0.05) is 27.7 Å². The van der Waals surface area contributed by atoms with Crippen molar-refractivity contribution in [3.05, 3.63) is 0 Å². The highest BCUT2D eigenvalue weighted by Gasteiger charge is 2.27. The van der Waals surface area contributed by atoms with Crippen LogP contribution in [0.3, 0.4) is 0 Å². The van der Waals surface area contributed by atoms with Crippen molar-refractivity contribution >= 4 is 0 Å². The minimum absolute atomic E-state index is 0.246. The Balaban J connectivity index is 2.38. The van der Waals surface area contributed by atoms with Crippen LogP contribution in [0, 0.1) is 17.8 Å². The number of rotatable bonds is 4. The van der Waals surface area contributed by atoms with Gasteiger partial charge in [-0.05, 0) is 37.0 Å². The highest BCUT2D eigenvalue weighted by molar-refractivity contribution is 4.77. The Morgan fingerprint density at radius 2 is 1.87 bits per heavy atom. The van der Waals surface area contributed by atoms with Gasteiger partial charge in [0.05, 0.1) is 12.2 Å². The van der Waals surface area contributed by atoms with Crippen molar-refractivity contribution in [1.29, 1.82) is 0 Å². The lowest BCUT2D eigenvalue weighted by Crippen LogP contribution is -2.36. The largest absolute Gasteiger partial charge is 0.373 e. The summed E-state index contributed by atoms with van der Waals surface area (Å²) in [5.74, 6) is 2.19. The van der Waals surface area contributed by atoms with Crippen LogP contribution in [0.4, 0.5) is 0 Å². The smallest absolute Gasteiger partial charge is 0.0723 e. The first kappa shape index (κ1) is 13.0. The zero-order valence-corrected chi connectivity index (χ0v) is 10.7. The van der Waals surface area contributed by atoms with Crippen LogP contribution in [-0.4, -0.2) is 18.8 Å². The molecule has 2 heteroatoms. The normalized spacial score (nSPS) is 34.4. The van der Waals surface area contributed by atoms with Crippen LogP contribution < -0.4 is 5.73 Å². The molecule has 0 amide bonds. The lowest BCUT2D eigenvalue weighted by Gasteiger charge is -2.35. The molecule has 0 aromatic carbocycles. The van der Waals surface area contributed by atoms with Crippen molar-refractivity contribution < 1.29 is 4.74 Å². The first-order valence-corrected chi connectivity index (χ1v) is 6.40. The number of ether oxygens (including phenoxy) is 1. The minimum atomic E-state index is 0.246. The van der Waals surface area contributed by atoms with Gasteiger partial charge in [0.25, 0.3) is 0 Å². The Kier molecular flexibility index (Phi) is 5.07. The third kappa shape index (κ3) is 3.76. The molecule has 1 rings (SSSR count). The molecule has 2 N–H and O–H groups in total. The van der Waals surface area contributed by atoms with Crippen LogP contribution in [0.5, 0.6) is 0 Å². The molecule has 2 nitrogen and oxygen atoms in total. The van der Waals surface area contributed by atoms with Crippen LogP contribution in [-0.2, 0) is 4.74 Å². The standard InChI is InChI=1S/C13H27NO/c1-9(2)13(8-14)15-12-6-5-10(3)11(4)7-12/h9-13H,5-8,14H2,1-4H3. The summed E-state index contributed by atoms with van der Waals surface area (Å²) < 4.78 is 6.10. The fraction of sp³-hybridized carbons (Fsp3) is 1.00. The third-order valence-corrected chi connectivity index (χ3v) is 3.89. The maximum Gasteiger partial charge on any atom is 0.0723 e. The van der Waals surface area contributed by atoms with Gasteiger partial charge in [-0.25, -0.2) is 0 Å². The molecular formula is C13H27NO. The molecular weight excluding hydrogens is 186 g/mol. The van der Waals surface area contributed by atoms with Gasteiger partial charge in [0.1, 0.15) is 0 Å². The topological polar surface area (TPSA) is 35.2 Å². The third-order valence-electron chi connectivity index (χ3n) is 3.89. The Morgan fingerprint density at radius 1 is 1.20 bits per heavy atom. The minimum Gasteiger partial charge on any atom is -0.373 e. The van der Waals surface area contributed by atoms with E-state index in [1.54, 1.807) is 0 Å². The lowest BCUT2D eigenvalue weighted by atomic mass is 9.80. The summed E-state index contributed by atoms with van der Waals surface area (Å²) >= 11 is 0. The molecule has 4 atom stereocenters. The van der Waals surface area contributed by atoms with E-state index in [1.807, 2.05) is 0 Å². The van der Waals surface area contributed by atoms with Crippen molar-refractivity contribution in [2.45, 2.75) is 59.2 Å². The zero-order valence-electron chi connectivity index (χ0n) is 10.7. The van der Waals surface area contributed by atoms with Gasteiger partial charge in [0.2, 0.25) is 0 Å². The van der Waals surface area contributed by atoms with E-state index in [2.05, 4.69) is 27.7 Å². The maximum absolute atomic E-state index is 6.10. The van der Waals surface area contributed by atoms with Crippen molar-refractivity contribution in [1.82, 2.24) is 0 Å². The molecule has 0 aromatic rings. The first-order valence-electron chi connectivity index (χ1n) is 6.40. The lowest BCUT2D eigenvalue weighted by molar-refractivity contribution is -0.0609. The van der Waals surface area contributed by atoms with Crippen LogP contribution in [0.1, 0.15) is 47.0 Å². The van der Waals surface area contributed by atoms with Gasteiger partial charge in [0, 0.05) is 6.54 Å². The SMILES string of the molecule is CC(C)C(CN)OC1CCC(C)C(C)C1. The van der Waals surface area contributed by atoms with E-state index in [-0.39, 0.29) is 6.10 Å². The Bertz CT molecular complexity index is 181. The predicted octanol–water partition coefficient (Wildman–Crippen LogP) is 2.81. The number of hydrogen-bond donors (Lipinski definition) is 1. The van der Waals surface area contributed by atoms with E-state index in [0.717, 1.165) is 11.8 Å². The van der Waals surface area contributed by atoms with Crippen molar-refractivity contribution in [3.63, 3.8) is 0 Å². The molecule has 1 saturated carbocycles. The van der Waals surface area contributed by atoms with E-state index >= 15 is 0 Å². The van der Waals surface area contributed by atoms with E-state index in [4.69, 9.17) is 10.5 Å². The van der Waals surface area contributed by atoms with Gasteiger partial charge in [-0.2, -0.15) is 0 Å². The molecule has 4 unspecified atom stereocenters. The van der Waals surface area contributed by atoms with Gasteiger partial charge in [-0.15, -0.1) is 0 Å². The Labute approximate surface area is 94.6 Å². The van der Waals surface area contributed by atoms with Crippen LogP contribution in [0.25, 0.3) is 0 Å². The molecule has 15 heavy (non-hydrogen) atoms. The number of nitrogens with two attached hydrogens (primary N) is 1. The molecule has 0 radical (unpaired) electrons. The zero-order chi connectivity index (χ0) is 11.4. The van der Waals surface area contributed by atoms with Gasteiger partial charge < -0.3 is 10.5 Å². The summed E-state index contributed by atoms with van der Waals surface area (Å²) in [6, 6.07) is 0.